The number of carbonyl (C=O) groups is 2. The second kappa shape index (κ2) is 22.0. The Kier molecular flexibility index (Phi) is 16.4. The van der Waals surface area contributed by atoms with Gasteiger partial charge in [-0.1, -0.05) is 113 Å². The lowest BCUT2D eigenvalue weighted by molar-refractivity contribution is -0.0929. The number of fused-ring (bicyclic) bond motifs is 1. The molecule has 0 spiro atoms. The Balaban J connectivity index is 1.28. The molecule has 4 atom stereocenters. The summed E-state index contributed by atoms with van der Waals surface area (Å²) in [6.07, 6.45) is 0.0129. The molecule has 0 aliphatic carbocycles. The summed E-state index contributed by atoms with van der Waals surface area (Å²) in [5.74, 6) is 1.36. The predicted octanol–water partition coefficient (Wildman–Crippen LogP) is 10.4. The Labute approximate surface area is 414 Å². The summed E-state index contributed by atoms with van der Waals surface area (Å²) in [4.78, 5) is 35.6. The molecule has 14 nitrogen and oxygen atoms in total. The number of anilines is 1. The Morgan fingerprint density at radius 1 is 0.800 bits per heavy atom. The van der Waals surface area contributed by atoms with Crippen molar-refractivity contribution in [1.82, 2.24) is 19.9 Å². The zero-order valence-electron chi connectivity index (χ0n) is 42.2. The predicted molar refractivity (Wildman–Crippen MR) is 278 cm³/mol. The Bertz CT molecular complexity index is 2620. The van der Waals surface area contributed by atoms with Crippen molar-refractivity contribution in [2.75, 3.05) is 39.3 Å². The third-order valence-corrected chi connectivity index (χ3v) is 19.6. The molecular weight excluding hydrogens is 919 g/mol. The number of methoxy groups -OCH3 is 2. The fraction of sp³-hybridized carbons (Fsp3) is 0.407. The number of aryl methyl sites for hydroxylation is 1. The van der Waals surface area contributed by atoms with Crippen LogP contribution < -0.4 is 20.1 Å². The van der Waals surface area contributed by atoms with E-state index in [0.717, 1.165) is 28.3 Å². The van der Waals surface area contributed by atoms with Crippen LogP contribution in [0.25, 0.3) is 11.0 Å². The minimum atomic E-state index is -2.58. The normalized spacial score (nSPS) is 17.6. The Hall–Kier alpha value is -5.89. The maximum Gasteiger partial charge on any atom is 0.407 e. The first-order valence-electron chi connectivity index (χ1n) is 24.0. The van der Waals surface area contributed by atoms with E-state index >= 15 is 0 Å². The van der Waals surface area contributed by atoms with Crippen molar-refractivity contribution in [3.63, 3.8) is 0 Å². The maximum atomic E-state index is 13.7. The van der Waals surface area contributed by atoms with Crippen molar-refractivity contribution in [3.8, 4) is 11.5 Å². The first-order chi connectivity index (χ1) is 33.3. The largest absolute Gasteiger partial charge is 0.497 e. The highest BCUT2D eigenvalue weighted by molar-refractivity contribution is 6.76. The van der Waals surface area contributed by atoms with E-state index < -0.39 is 52.6 Å². The number of hydrogen-bond donors (Lipinski definition) is 3. The molecular formula is C54H69N5O9Si2. The van der Waals surface area contributed by atoms with Crippen LogP contribution in [0.3, 0.4) is 0 Å². The van der Waals surface area contributed by atoms with E-state index in [1.54, 1.807) is 38.5 Å². The van der Waals surface area contributed by atoms with Gasteiger partial charge >= 0.3 is 6.09 Å². The van der Waals surface area contributed by atoms with E-state index in [4.69, 9.17) is 33.1 Å². The average Bonchev–Trinajstić information content (AvgIpc) is 3.86. The van der Waals surface area contributed by atoms with Crippen molar-refractivity contribution in [2.45, 2.75) is 108 Å². The highest BCUT2D eigenvalue weighted by Crippen LogP contribution is 2.46. The molecule has 0 bridgehead atoms. The van der Waals surface area contributed by atoms with E-state index in [1.165, 1.54) is 6.33 Å². The van der Waals surface area contributed by atoms with Crippen molar-refractivity contribution in [3.05, 3.63) is 150 Å². The van der Waals surface area contributed by atoms with Gasteiger partial charge in [0.05, 0.1) is 32.8 Å². The van der Waals surface area contributed by atoms with Gasteiger partial charge in [0.1, 0.15) is 53.2 Å². The topological polar surface area (TPSA) is 165 Å². The molecule has 70 heavy (non-hydrogen) atoms. The quantitative estimate of drug-likeness (QED) is 0.0379. The molecule has 4 aromatic carbocycles. The highest BCUT2D eigenvalue weighted by atomic mass is 28.4. The standard InChI is InChI=1S/C54H69N5O9Si2/c1-53(2,3)70(9,10)68-47-44(35-66-54(39-21-15-12-16-22-39,40-23-27-42(63-4)28-24-40)41-25-29-43(64-5)30-26-41)67-51(46(47)60)59-34-38(20-17-31-55-52(62)65-32-33-69(6,7)8)45-48(56-36-57-49(45)59)58-50(61)37-18-13-11-14-19-37/h11-16,18-19,21-30,34,36,44,46-47,51,60H,17,20,31-33,35H2,1-10H3,(H,55,62)(H,56,57,58,61)/t44-,46-,47-,51-/m1/s1. The third-order valence-electron chi connectivity index (χ3n) is 13.4. The fourth-order valence-electron chi connectivity index (χ4n) is 8.41. The van der Waals surface area contributed by atoms with Crippen LogP contribution in [0.4, 0.5) is 10.6 Å². The number of rotatable bonds is 20. The molecule has 1 aliphatic rings. The van der Waals surface area contributed by atoms with Crippen LogP contribution in [-0.2, 0) is 30.7 Å². The van der Waals surface area contributed by atoms with Crippen molar-refractivity contribution >= 4 is 45.2 Å². The number of carbonyl (C=O) groups excluding carboxylic acids is 2. The molecule has 0 saturated carbocycles. The SMILES string of the molecule is COc1ccc(C(OC[C@H]2O[C@@H](n3cc(CCCNC(=O)OCC[Si](C)(C)C)c4c(NC(=O)c5ccccc5)ncnc43)[C@H](O)[C@@H]2O[Si](C)(C)C(C)(C)C)(c2ccccc2)c2ccc(OC)cc2)cc1. The van der Waals surface area contributed by atoms with Gasteiger partial charge in [0.25, 0.3) is 5.91 Å². The second-order valence-electron chi connectivity index (χ2n) is 20.5. The van der Waals surface area contributed by atoms with Gasteiger partial charge in [0.2, 0.25) is 0 Å². The lowest BCUT2D eigenvalue weighted by Crippen LogP contribution is -2.50. The number of nitrogens with zero attached hydrogens (tertiary/aromatic N) is 3. The smallest absolute Gasteiger partial charge is 0.407 e. The van der Waals surface area contributed by atoms with Gasteiger partial charge in [-0.3, -0.25) is 4.79 Å². The van der Waals surface area contributed by atoms with Gasteiger partial charge in [-0.2, -0.15) is 0 Å². The highest BCUT2D eigenvalue weighted by Gasteiger charge is 2.52. The Morgan fingerprint density at radius 2 is 1.39 bits per heavy atom. The molecule has 16 heteroatoms. The van der Waals surface area contributed by atoms with Crippen LogP contribution in [0.5, 0.6) is 11.5 Å². The average molecular weight is 988 g/mol. The molecule has 1 fully saturated rings. The van der Waals surface area contributed by atoms with Gasteiger partial charge < -0.3 is 48.4 Å². The minimum absolute atomic E-state index is 0.00105. The zero-order valence-corrected chi connectivity index (χ0v) is 44.2. The van der Waals surface area contributed by atoms with Gasteiger partial charge in [-0.25, -0.2) is 14.8 Å². The molecule has 1 aliphatic heterocycles. The van der Waals surface area contributed by atoms with E-state index in [0.29, 0.717) is 59.9 Å². The number of aromatic nitrogens is 3. The minimum Gasteiger partial charge on any atom is -0.497 e. The molecule has 0 unspecified atom stereocenters. The first kappa shape index (κ1) is 52.0. The molecule has 0 radical (unpaired) electrons. The number of nitrogens with one attached hydrogen (secondary N) is 2. The van der Waals surface area contributed by atoms with Gasteiger partial charge in [-0.15, -0.1) is 0 Å². The van der Waals surface area contributed by atoms with Gasteiger partial charge in [0, 0.05) is 26.4 Å². The molecule has 372 valence electrons. The number of aliphatic hydroxyl groups is 1. The van der Waals surface area contributed by atoms with E-state index in [9.17, 15) is 14.7 Å². The summed E-state index contributed by atoms with van der Waals surface area (Å²) in [5.41, 5.74) is 3.09. The zero-order chi connectivity index (χ0) is 50.3. The fourth-order valence-corrected chi connectivity index (χ4v) is 10.4. The molecule has 2 aromatic heterocycles. The van der Waals surface area contributed by atoms with Crippen LogP contribution in [0.2, 0.25) is 43.8 Å². The van der Waals surface area contributed by atoms with Crippen molar-refractivity contribution < 1.29 is 42.8 Å². The van der Waals surface area contributed by atoms with Crippen LogP contribution >= 0.6 is 0 Å². The lowest BCUT2D eigenvalue weighted by atomic mass is 9.80. The number of ether oxygens (including phenoxy) is 5. The van der Waals surface area contributed by atoms with E-state index in [-0.39, 0.29) is 17.6 Å². The molecule has 3 heterocycles. The number of hydrogen-bond acceptors (Lipinski definition) is 11. The maximum absolute atomic E-state index is 13.7. The first-order valence-corrected chi connectivity index (χ1v) is 30.6. The summed E-state index contributed by atoms with van der Waals surface area (Å²) >= 11 is 0. The third kappa shape index (κ3) is 11.8. The molecule has 6 aromatic rings. The monoisotopic (exact) mass is 987 g/mol. The van der Waals surface area contributed by atoms with Crippen molar-refractivity contribution in [2.24, 2.45) is 0 Å². The number of amides is 2. The Morgan fingerprint density at radius 3 is 1.96 bits per heavy atom. The van der Waals surface area contributed by atoms with Crippen LogP contribution in [-0.4, -0.2) is 100 Å². The molecule has 3 N–H and O–H groups in total. The second-order valence-corrected chi connectivity index (χ2v) is 30.9. The molecule has 2 amide bonds. The number of alkyl carbamates (subject to hydrolysis) is 1. The van der Waals surface area contributed by atoms with E-state index in [1.807, 2.05) is 95.7 Å². The summed E-state index contributed by atoms with van der Waals surface area (Å²) in [6.45, 7) is 18.2. The van der Waals surface area contributed by atoms with Crippen LogP contribution in [0.1, 0.15) is 66.0 Å². The summed E-state index contributed by atoms with van der Waals surface area (Å²) in [7, 11) is -0.678. The summed E-state index contributed by atoms with van der Waals surface area (Å²) in [6, 6.07) is 35.5. The summed E-state index contributed by atoms with van der Waals surface area (Å²) < 4.78 is 40.1. The van der Waals surface area contributed by atoms with Gasteiger partial charge in [0.15, 0.2) is 14.5 Å². The van der Waals surface area contributed by atoms with E-state index in [2.05, 4.69) is 69.1 Å². The van der Waals surface area contributed by atoms with Crippen molar-refractivity contribution in [1.29, 1.82) is 0 Å². The molecule has 1 saturated heterocycles. The van der Waals surface area contributed by atoms with Crippen LogP contribution in [0, 0.1) is 0 Å². The summed E-state index contributed by atoms with van der Waals surface area (Å²) in [5, 5.41) is 19.0. The van der Waals surface area contributed by atoms with Crippen LogP contribution in [0.15, 0.2) is 122 Å². The lowest BCUT2D eigenvalue weighted by Gasteiger charge is -2.41. The number of benzene rings is 4. The van der Waals surface area contributed by atoms with Gasteiger partial charge in [-0.05, 0) is 95.7 Å². The molecule has 7 rings (SSSR count). The number of aliphatic hydroxyl groups excluding tert-OH is 1.